The Morgan fingerprint density at radius 3 is 2.68 bits per heavy atom. The normalized spacial score (nSPS) is 14.9. The lowest BCUT2D eigenvalue weighted by Gasteiger charge is -2.10. The zero-order valence-corrected chi connectivity index (χ0v) is 18.3. The lowest BCUT2D eigenvalue weighted by Crippen LogP contribution is -2.03. The summed E-state index contributed by atoms with van der Waals surface area (Å²) in [6.45, 7) is 1.32. The number of thioether (sulfide) groups is 2. The second kappa shape index (κ2) is 9.45. The summed E-state index contributed by atoms with van der Waals surface area (Å²) in [5.41, 5.74) is 2.24. The predicted molar refractivity (Wildman–Crippen MR) is 118 cm³/mol. The Kier molecular flexibility index (Phi) is 6.98. The first kappa shape index (κ1) is 20.7. The molecule has 5 nitrogen and oxygen atoms in total. The van der Waals surface area contributed by atoms with Crippen molar-refractivity contribution in [3.63, 3.8) is 0 Å². The van der Waals surface area contributed by atoms with Gasteiger partial charge in [-0.15, -0.1) is 0 Å². The number of esters is 1. The topological polar surface area (TPSA) is 65.0 Å². The van der Waals surface area contributed by atoms with E-state index in [0.29, 0.717) is 27.2 Å². The maximum absolute atomic E-state index is 12.3. The van der Waals surface area contributed by atoms with Gasteiger partial charge >= 0.3 is 5.97 Å². The molecule has 0 aliphatic carbocycles. The molecule has 1 heterocycles. The lowest BCUT2D eigenvalue weighted by molar-refractivity contribution is -0.132. The van der Waals surface area contributed by atoms with Gasteiger partial charge in [0.25, 0.3) is 0 Å². The van der Waals surface area contributed by atoms with Crippen LogP contribution in [-0.2, 0) is 15.3 Å². The maximum Gasteiger partial charge on any atom is 0.308 e. The maximum atomic E-state index is 12.3. The molecule has 0 N–H and O–H groups in total. The number of rotatable bonds is 5. The van der Waals surface area contributed by atoms with Gasteiger partial charge in [0.05, 0.1) is 7.11 Å². The Labute approximate surface area is 179 Å². The molecule has 0 unspecified atom stereocenters. The Hall–Kier alpha value is -2.03. The van der Waals surface area contributed by atoms with Crippen LogP contribution in [0.3, 0.4) is 0 Å². The van der Waals surface area contributed by atoms with Gasteiger partial charge in [0.2, 0.25) is 5.12 Å². The number of carbonyl (C=O) groups is 2. The van der Waals surface area contributed by atoms with Gasteiger partial charge in [-0.1, -0.05) is 58.0 Å². The standard InChI is InChI=1S/C20H16BrNO4S2/c1-12(23)26-18-10-15(21)14(9-17(18)25-2)8-16-19(24)28-20(22-16)27-11-13-6-4-3-5-7-13/h3-10H,11H2,1-2H3/b16-8-. The van der Waals surface area contributed by atoms with Crippen molar-refractivity contribution >= 4 is 61.0 Å². The molecule has 0 saturated carbocycles. The molecule has 0 aromatic heterocycles. The summed E-state index contributed by atoms with van der Waals surface area (Å²) in [5, 5.41) is -0.106. The van der Waals surface area contributed by atoms with E-state index in [-0.39, 0.29) is 5.12 Å². The van der Waals surface area contributed by atoms with Crippen molar-refractivity contribution in [2.75, 3.05) is 7.11 Å². The molecule has 144 valence electrons. The third-order valence-corrected chi connectivity index (χ3v) is 6.40. The van der Waals surface area contributed by atoms with E-state index in [0.717, 1.165) is 21.9 Å². The second-order valence-electron chi connectivity index (χ2n) is 5.69. The fraction of sp³-hybridized carbons (Fsp3) is 0.150. The van der Waals surface area contributed by atoms with Crippen LogP contribution in [0.1, 0.15) is 18.1 Å². The SMILES string of the molecule is COc1cc(/C=C2\N=C(SCc3ccccc3)SC2=O)c(Br)cc1OC(C)=O. The van der Waals surface area contributed by atoms with Crippen molar-refractivity contribution in [2.45, 2.75) is 12.7 Å². The number of ether oxygens (including phenoxy) is 2. The van der Waals surface area contributed by atoms with Crippen LogP contribution < -0.4 is 9.47 Å². The van der Waals surface area contributed by atoms with Gasteiger partial charge in [-0.05, 0) is 41.1 Å². The Bertz CT molecular complexity index is 974. The molecule has 28 heavy (non-hydrogen) atoms. The van der Waals surface area contributed by atoms with Gasteiger partial charge in [0, 0.05) is 17.1 Å². The minimum atomic E-state index is -0.441. The molecule has 8 heteroatoms. The number of nitrogens with zero attached hydrogens (tertiary/aromatic N) is 1. The number of halogens is 1. The summed E-state index contributed by atoms with van der Waals surface area (Å²) < 4.78 is 11.8. The second-order valence-corrected chi connectivity index (χ2v) is 8.73. The largest absolute Gasteiger partial charge is 0.493 e. The zero-order chi connectivity index (χ0) is 20.1. The van der Waals surface area contributed by atoms with Crippen molar-refractivity contribution in [1.82, 2.24) is 0 Å². The quantitative estimate of drug-likeness (QED) is 0.331. The monoisotopic (exact) mass is 477 g/mol. The van der Waals surface area contributed by atoms with Crippen LogP contribution in [-0.4, -0.2) is 22.6 Å². The molecule has 0 saturated heterocycles. The summed E-state index contributed by atoms with van der Waals surface area (Å²) in [6.07, 6.45) is 1.69. The molecule has 0 atom stereocenters. The molecule has 2 aromatic carbocycles. The highest BCUT2D eigenvalue weighted by molar-refractivity contribution is 9.10. The van der Waals surface area contributed by atoms with Gasteiger partial charge in [0.1, 0.15) is 10.1 Å². The average Bonchev–Trinajstić information content (AvgIpc) is 3.02. The van der Waals surface area contributed by atoms with E-state index in [9.17, 15) is 9.59 Å². The Balaban J connectivity index is 1.81. The summed E-state index contributed by atoms with van der Waals surface area (Å²) >= 11 is 6.10. The van der Waals surface area contributed by atoms with E-state index in [1.165, 1.54) is 31.4 Å². The highest BCUT2D eigenvalue weighted by Gasteiger charge is 2.23. The van der Waals surface area contributed by atoms with Gasteiger partial charge in [-0.3, -0.25) is 9.59 Å². The number of aliphatic imine (C=N–C) groups is 1. The fourth-order valence-corrected chi connectivity index (χ4v) is 4.61. The summed E-state index contributed by atoms with van der Waals surface area (Å²) in [4.78, 5) is 28.0. The molecule has 0 bridgehead atoms. The van der Waals surface area contributed by atoms with Gasteiger partial charge in [-0.2, -0.15) is 0 Å². The van der Waals surface area contributed by atoms with Crippen molar-refractivity contribution in [1.29, 1.82) is 0 Å². The number of hydrogen-bond acceptors (Lipinski definition) is 7. The van der Waals surface area contributed by atoms with Gasteiger partial charge < -0.3 is 9.47 Å². The van der Waals surface area contributed by atoms with E-state index in [1.807, 2.05) is 30.3 Å². The van der Waals surface area contributed by atoms with Crippen molar-refractivity contribution in [3.05, 3.63) is 63.8 Å². The molecule has 1 aliphatic heterocycles. The first-order valence-corrected chi connectivity index (χ1v) is 10.8. The molecule has 2 aromatic rings. The Morgan fingerprint density at radius 1 is 1.25 bits per heavy atom. The van der Waals surface area contributed by atoms with Crippen LogP contribution in [0.5, 0.6) is 11.5 Å². The molecule has 1 aliphatic rings. The van der Waals surface area contributed by atoms with Crippen molar-refractivity contribution in [2.24, 2.45) is 4.99 Å². The number of hydrogen-bond donors (Lipinski definition) is 0. The average molecular weight is 478 g/mol. The first-order valence-electron chi connectivity index (χ1n) is 8.21. The van der Waals surface area contributed by atoms with Crippen molar-refractivity contribution in [3.8, 4) is 11.5 Å². The van der Waals surface area contributed by atoms with Crippen LogP contribution in [0.2, 0.25) is 0 Å². The van der Waals surface area contributed by atoms with Crippen LogP contribution in [0.25, 0.3) is 6.08 Å². The highest BCUT2D eigenvalue weighted by atomic mass is 79.9. The van der Waals surface area contributed by atoms with Crippen LogP contribution in [0.15, 0.2) is 57.6 Å². The van der Waals surface area contributed by atoms with E-state index in [4.69, 9.17) is 9.47 Å². The Morgan fingerprint density at radius 2 is 2.00 bits per heavy atom. The molecular weight excluding hydrogens is 462 g/mol. The van der Waals surface area contributed by atoms with Crippen molar-refractivity contribution < 1.29 is 19.1 Å². The van der Waals surface area contributed by atoms with E-state index in [2.05, 4.69) is 20.9 Å². The highest BCUT2D eigenvalue weighted by Crippen LogP contribution is 2.37. The zero-order valence-electron chi connectivity index (χ0n) is 15.1. The van der Waals surface area contributed by atoms with Crippen LogP contribution in [0, 0.1) is 0 Å². The van der Waals surface area contributed by atoms with E-state index < -0.39 is 5.97 Å². The molecule has 0 spiro atoms. The number of carbonyl (C=O) groups excluding carboxylic acids is 2. The van der Waals surface area contributed by atoms with Crippen LogP contribution >= 0.6 is 39.5 Å². The van der Waals surface area contributed by atoms with Gasteiger partial charge in [0.15, 0.2) is 11.5 Å². The summed E-state index contributed by atoms with van der Waals surface area (Å²) in [7, 11) is 1.49. The fourth-order valence-electron chi connectivity index (χ4n) is 2.37. The van der Waals surface area contributed by atoms with E-state index >= 15 is 0 Å². The third-order valence-electron chi connectivity index (χ3n) is 3.63. The summed E-state index contributed by atoms with van der Waals surface area (Å²) in [5.74, 6) is 1.01. The minimum Gasteiger partial charge on any atom is -0.493 e. The third kappa shape index (κ3) is 5.27. The van der Waals surface area contributed by atoms with Gasteiger partial charge in [-0.25, -0.2) is 4.99 Å². The number of benzene rings is 2. The minimum absolute atomic E-state index is 0.106. The lowest BCUT2D eigenvalue weighted by atomic mass is 10.1. The first-order chi connectivity index (χ1) is 13.5. The molecule has 0 amide bonds. The van der Waals surface area contributed by atoms with Crippen LogP contribution in [0.4, 0.5) is 0 Å². The smallest absolute Gasteiger partial charge is 0.308 e. The number of methoxy groups -OCH3 is 1. The molecule has 0 radical (unpaired) electrons. The molecule has 3 rings (SSSR count). The molecular formula is C20H16BrNO4S2. The van der Waals surface area contributed by atoms with E-state index in [1.54, 1.807) is 18.2 Å². The molecule has 0 fully saturated rings. The summed E-state index contributed by atoms with van der Waals surface area (Å²) in [6, 6.07) is 13.4. The predicted octanol–water partition coefficient (Wildman–Crippen LogP) is 5.29.